The molecule has 1 N–H and O–H groups in total. The predicted molar refractivity (Wildman–Crippen MR) is 65.6 cm³/mol. The molecule has 0 unspecified atom stereocenters. The van der Waals surface area contributed by atoms with Crippen LogP contribution in [0.2, 0.25) is 0 Å². The first-order chi connectivity index (χ1) is 7.75. The van der Waals surface area contributed by atoms with Crippen LogP contribution >= 0.6 is 11.8 Å². The van der Waals surface area contributed by atoms with E-state index in [1.165, 1.54) is 18.2 Å². The lowest BCUT2D eigenvalue weighted by Gasteiger charge is -2.06. The van der Waals surface area contributed by atoms with Gasteiger partial charge in [-0.3, -0.25) is 0 Å². The topological polar surface area (TPSA) is 12.0 Å². The Morgan fingerprint density at radius 1 is 1.31 bits per heavy atom. The summed E-state index contributed by atoms with van der Waals surface area (Å²) in [5, 5.41) is 3.01. The minimum atomic E-state index is -0.494. The molecule has 1 rings (SSSR count). The van der Waals surface area contributed by atoms with Gasteiger partial charge in [-0.05, 0) is 12.1 Å². The molecule has 0 bridgehead atoms. The second-order valence-electron chi connectivity index (χ2n) is 3.24. The fourth-order valence-electron chi connectivity index (χ4n) is 1.23. The van der Waals surface area contributed by atoms with Crippen LogP contribution in [0.5, 0.6) is 0 Å². The molecule has 0 radical (unpaired) electrons. The van der Waals surface area contributed by atoms with Gasteiger partial charge in [0.25, 0.3) is 0 Å². The standard InChI is InChI=1S/C12H15F2NS/c1-2-7-16-8-6-15-9-10-11(13)4-3-5-12(10)14/h2-5,15H,1,6-9H2. The molecule has 88 valence electrons. The maximum atomic E-state index is 13.2. The van der Waals surface area contributed by atoms with E-state index in [2.05, 4.69) is 11.9 Å². The van der Waals surface area contributed by atoms with Gasteiger partial charge in [-0.15, -0.1) is 6.58 Å². The van der Waals surface area contributed by atoms with E-state index < -0.39 is 11.6 Å². The smallest absolute Gasteiger partial charge is 0.130 e. The third-order valence-corrected chi connectivity index (χ3v) is 2.99. The molecule has 0 amide bonds. The Hall–Kier alpha value is -0.870. The molecular weight excluding hydrogens is 228 g/mol. The average Bonchev–Trinajstić information content (AvgIpc) is 2.26. The molecule has 0 heterocycles. The van der Waals surface area contributed by atoms with Crippen LogP contribution in [0, 0.1) is 11.6 Å². The van der Waals surface area contributed by atoms with Gasteiger partial charge >= 0.3 is 0 Å². The highest BCUT2D eigenvalue weighted by molar-refractivity contribution is 7.99. The monoisotopic (exact) mass is 243 g/mol. The Morgan fingerprint density at radius 2 is 2.00 bits per heavy atom. The highest BCUT2D eigenvalue weighted by Gasteiger charge is 2.06. The maximum absolute atomic E-state index is 13.2. The minimum absolute atomic E-state index is 0.108. The summed E-state index contributed by atoms with van der Waals surface area (Å²) >= 11 is 1.73. The van der Waals surface area contributed by atoms with E-state index in [9.17, 15) is 8.78 Å². The fraction of sp³-hybridized carbons (Fsp3) is 0.333. The van der Waals surface area contributed by atoms with Gasteiger partial charge in [-0.25, -0.2) is 8.78 Å². The van der Waals surface area contributed by atoms with Crippen molar-refractivity contribution in [2.45, 2.75) is 6.54 Å². The van der Waals surface area contributed by atoms with Crippen LogP contribution in [-0.4, -0.2) is 18.1 Å². The van der Waals surface area contributed by atoms with E-state index in [1.54, 1.807) is 11.8 Å². The van der Waals surface area contributed by atoms with Gasteiger partial charge in [0, 0.05) is 30.2 Å². The second kappa shape index (κ2) is 7.41. The molecule has 0 fully saturated rings. The number of thioether (sulfide) groups is 1. The zero-order chi connectivity index (χ0) is 11.8. The van der Waals surface area contributed by atoms with E-state index in [1.807, 2.05) is 6.08 Å². The third kappa shape index (κ3) is 4.33. The summed E-state index contributed by atoms with van der Waals surface area (Å²) in [7, 11) is 0. The second-order valence-corrected chi connectivity index (χ2v) is 4.39. The summed E-state index contributed by atoms with van der Waals surface area (Å²) < 4.78 is 26.4. The summed E-state index contributed by atoms with van der Waals surface area (Å²) in [5.74, 6) is 0.815. The number of benzene rings is 1. The van der Waals surface area contributed by atoms with Crippen molar-refractivity contribution in [3.63, 3.8) is 0 Å². The first-order valence-electron chi connectivity index (χ1n) is 5.08. The van der Waals surface area contributed by atoms with Crippen molar-refractivity contribution in [3.8, 4) is 0 Å². The number of hydrogen-bond acceptors (Lipinski definition) is 2. The first kappa shape index (κ1) is 13.2. The van der Waals surface area contributed by atoms with E-state index >= 15 is 0 Å². The van der Waals surface area contributed by atoms with Gasteiger partial charge < -0.3 is 5.32 Å². The first-order valence-corrected chi connectivity index (χ1v) is 6.23. The molecule has 0 saturated carbocycles. The molecule has 0 saturated heterocycles. The molecule has 16 heavy (non-hydrogen) atoms. The molecule has 1 aromatic rings. The molecule has 4 heteroatoms. The Balaban J connectivity index is 2.29. The van der Waals surface area contributed by atoms with Gasteiger partial charge in [-0.1, -0.05) is 12.1 Å². The highest BCUT2D eigenvalue weighted by Crippen LogP contribution is 2.11. The van der Waals surface area contributed by atoms with Gasteiger partial charge in [0.1, 0.15) is 11.6 Å². The van der Waals surface area contributed by atoms with Crippen LogP contribution in [-0.2, 0) is 6.54 Å². The van der Waals surface area contributed by atoms with Crippen molar-refractivity contribution in [1.29, 1.82) is 0 Å². The average molecular weight is 243 g/mol. The van der Waals surface area contributed by atoms with Crippen molar-refractivity contribution >= 4 is 11.8 Å². The molecule has 0 aliphatic heterocycles. The summed E-state index contributed by atoms with van der Waals surface area (Å²) in [6.07, 6.45) is 1.83. The molecule has 0 aromatic heterocycles. The van der Waals surface area contributed by atoms with Gasteiger partial charge in [0.2, 0.25) is 0 Å². The van der Waals surface area contributed by atoms with Crippen LogP contribution in [0.4, 0.5) is 8.78 Å². The number of halogens is 2. The summed E-state index contributed by atoms with van der Waals surface area (Å²) in [6.45, 7) is 4.57. The van der Waals surface area contributed by atoms with Crippen molar-refractivity contribution in [3.05, 3.63) is 48.1 Å². The molecular formula is C12H15F2NS. The lowest BCUT2D eigenvalue weighted by atomic mass is 10.2. The van der Waals surface area contributed by atoms with E-state index in [4.69, 9.17) is 0 Å². The molecule has 0 aliphatic rings. The molecule has 0 aliphatic carbocycles. The summed E-state index contributed by atoms with van der Waals surface area (Å²) in [4.78, 5) is 0. The van der Waals surface area contributed by atoms with Crippen molar-refractivity contribution in [2.24, 2.45) is 0 Å². The van der Waals surface area contributed by atoms with E-state index in [-0.39, 0.29) is 12.1 Å². The lowest BCUT2D eigenvalue weighted by molar-refractivity contribution is 0.540. The largest absolute Gasteiger partial charge is 0.312 e. The van der Waals surface area contributed by atoms with Gasteiger partial charge in [0.05, 0.1) is 0 Å². The van der Waals surface area contributed by atoms with Crippen LogP contribution in [0.25, 0.3) is 0 Å². The van der Waals surface area contributed by atoms with Crippen molar-refractivity contribution in [1.82, 2.24) is 5.32 Å². The molecule has 0 atom stereocenters. The van der Waals surface area contributed by atoms with E-state index in [0.717, 1.165) is 18.1 Å². The van der Waals surface area contributed by atoms with Crippen molar-refractivity contribution in [2.75, 3.05) is 18.1 Å². The molecule has 1 aromatic carbocycles. The molecule has 1 nitrogen and oxygen atoms in total. The summed E-state index contributed by atoms with van der Waals surface area (Å²) in [6, 6.07) is 3.91. The SMILES string of the molecule is C=CCSCCNCc1c(F)cccc1F. The van der Waals surface area contributed by atoms with Gasteiger partial charge in [-0.2, -0.15) is 11.8 Å². The Bertz CT molecular complexity index is 322. The number of nitrogens with one attached hydrogen (secondary N) is 1. The van der Waals surface area contributed by atoms with Crippen LogP contribution in [0.1, 0.15) is 5.56 Å². The maximum Gasteiger partial charge on any atom is 0.130 e. The van der Waals surface area contributed by atoms with Crippen LogP contribution < -0.4 is 5.32 Å². The van der Waals surface area contributed by atoms with Gasteiger partial charge in [0.15, 0.2) is 0 Å². The minimum Gasteiger partial charge on any atom is -0.312 e. The van der Waals surface area contributed by atoms with Crippen LogP contribution in [0.3, 0.4) is 0 Å². The Morgan fingerprint density at radius 3 is 2.62 bits per heavy atom. The Labute approximate surface area is 98.9 Å². The van der Waals surface area contributed by atoms with Crippen molar-refractivity contribution < 1.29 is 8.78 Å². The number of rotatable bonds is 7. The highest BCUT2D eigenvalue weighted by atomic mass is 32.2. The quantitative estimate of drug-likeness (QED) is 0.583. The summed E-state index contributed by atoms with van der Waals surface area (Å²) in [5.41, 5.74) is 0.108. The normalized spacial score (nSPS) is 10.4. The zero-order valence-corrected chi connectivity index (χ0v) is 9.83. The zero-order valence-electron chi connectivity index (χ0n) is 9.01. The number of hydrogen-bond donors (Lipinski definition) is 1. The molecule has 0 spiro atoms. The van der Waals surface area contributed by atoms with E-state index in [0.29, 0.717) is 0 Å². The lowest BCUT2D eigenvalue weighted by Crippen LogP contribution is -2.18. The van der Waals surface area contributed by atoms with Crippen LogP contribution in [0.15, 0.2) is 30.9 Å². The predicted octanol–water partition coefficient (Wildman–Crippen LogP) is 2.97. The third-order valence-electron chi connectivity index (χ3n) is 2.02. The fourth-order valence-corrected chi connectivity index (χ4v) is 1.85. The Kier molecular flexibility index (Phi) is 6.11.